The summed E-state index contributed by atoms with van der Waals surface area (Å²) >= 11 is 0. The smallest absolute Gasteiger partial charge is 0.0635 e. The van der Waals surface area contributed by atoms with E-state index in [1.165, 1.54) is 65.5 Å². The summed E-state index contributed by atoms with van der Waals surface area (Å²) in [6, 6.07) is 46.3. The minimum atomic E-state index is 1.15. The first-order valence-corrected chi connectivity index (χ1v) is 13.6. The summed E-state index contributed by atoms with van der Waals surface area (Å²) in [4.78, 5) is 4.21. The Balaban J connectivity index is 1.47. The molecule has 3 nitrogen and oxygen atoms in total. The predicted octanol–water partition coefficient (Wildman–Crippen LogP) is 9.56. The fourth-order valence-electron chi connectivity index (χ4n) is 6.68. The molecule has 0 aliphatic heterocycles. The molecule has 0 aliphatic carbocycles. The van der Waals surface area contributed by atoms with E-state index < -0.39 is 0 Å². The first kappa shape index (κ1) is 21.5. The van der Waals surface area contributed by atoms with Crippen LogP contribution in [0.15, 0.2) is 140 Å². The number of pyridine rings is 2. The highest BCUT2D eigenvalue weighted by atomic mass is 15.0. The predicted molar refractivity (Wildman–Crippen MR) is 167 cm³/mol. The van der Waals surface area contributed by atoms with Gasteiger partial charge in [0.05, 0.1) is 27.6 Å². The summed E-state index contributed by atoms with van der Waals surface area (Å²) in [5.41, 5.74) is 9.64. The molecule has 186 valence electrons. The molecular weight excluding hydrogens is 486 g/mol. The molecule has 5 aromatic carbocycles. The molecule has 0 spiro atoms. The molecule has 0 N–H and O–H groups in total. The van der Waals surface area contributed by atoms with E-state index in [1.807, 2.05) is 12.4 Å². The second kappa shape index (κ2) is 8.05. The third kappa shape index (κ3) is 2.86. The van der Waals surface area contributed by atoms with E-state index in [0.29, 0.717) is 0 Å². The van der Waals surface area contributed by atoms with Gasteiger partial charge in [-0.05, 0) is 65.0 Å². The van der Waals surface area contributed by atoms with Crippen LogP contribution in [0.3, 0.4) is 0 Å². The molecule has 0 fully saturated rings. The van der Waals surface area contributed by atoms with Crippen LogP contribution in [0, 0.1) is 0 Å². The van der Waals surface area contributed by atoms with Crippen molar-refractivity contribution in [1.29, 1.82) is 0 Å². The molecule has 9 rings (SSSR count). The second-order valence-corrected chi connectivity index (χ2v) is 10.5. The van der Waals surface area contributed by atoms with Crippen molar-refractivity contribution in [2.24, 2.45) is 0 Å². The summed E-state index contributed by atoms with van der Waals surface area (Å²) in [6.45, 7) is 0. The van der Waals surface area contributed by atoms with Crippen LogP contribution in [-0.4, -0.2) is 14.0 Å². The van der Waals surface area contributed by atoms with Crippen LogP contribution in [0.1, 0.15) is 0 Å². The topological polar surface area (TPSA) is 22.2 Å². The van der Waals surface area contributed by atoms with Gasteiger partial charge < -0.3 is 8.97 Å². The lowest BCUT2D eigenvalue weighted by Crippen LogP contribution is -1.94. The van der Waals surface area contributed by atoms with Crippen LogP contribution in [0.5, 0.6) is 0 Å². The Labute approximate surface area is 230 Å². The van der Waals surface area contributed by atoms with Gasteiger partial charge in [0, 0.05) is 45.0 Å². The number of fused-ring (bicyclic) bond motifs is 12. The Morgan fingerprint density at radius 2 is 1.15 bits per heavy atom. The quantitative estimate of drug-likeness (QED) is 0.213. The Hall–Kier alpha value is -5.41. The zero-order valence-corrected chi connectivity index (χ0v) is 21.6. The van der Waals surface area contributed by atoms with Crippen molar-refractivity contribution in [2.45, 2.75) is 0 Å². The zero-order valence-electron chi connectivity index (χ0n) is 21.6. The van der Waals surface area contributed by atoms with Gasteiger partial charge in [0.2, 0.25) is 0 Å². The molecule has 0 saturated carbocycles. The highest BCUT2D eigenvalue weighted by Gasteiger charge is 2.19. The van der Waals surface area contributed by atoms with Crippen LogP contribution in [0.25, 0.3) is 76.7 Å². The molecule has 4 heterocycles. The molecule has 40 heavy (non-hydrogen) atoms. The van der Waals surface area contributed by atoms with Gasteiger partial charge in [0.1, 0.15) is 0 Å². The van der Waals surface area contributed by atoms with Crippen LogP contribution in [0.2, 0.25) is 0 Å². The minimum Gasteiger partial charge on any atom is -0.309 e. The summed E-state index contributed by atoms with van der Waals surface area (Å²) in [5, 5.41) is 7.63. The maximum absolute atomic E-state index is 4.21. The monoisotopic (exact) mass is 509 g/mol. The Morgan fingerprint density at radius 3 is 1.98 bits per heavy atom. The lowest BCUT2D eigenvalue weighted by atomic mass is 10.1. The first-order valence-electron chi connectivity index (χ1n) is 13.6. The number of hydrogen-bond donors (Lipinski definition) is 0. The number of hydrogen-bond acceptors (Lipinski definition) is 1. The molecule has 9 aromatic rings. The molecule has 4 aromatic heterocycles. The van der Waals surface area contributed by atoms with E-state index >= 15 is 0 Å². The van der Waals surface area contributed by atoms with Gasteiger partial charge >= 0.3 is 0 Å². The van der Waals surface area contributed by atoms with Crippen LogP contribution in [-0.2, 0) is 0 Å². The summed E-state index contributed by atoms with van der Waals surface area (Å²) < 4.78 is 4.90. The molecule has 0 saturated heterocycles. The summed E-state index contributed by atoms with van der Waals surface area (Å²) in [7, 11) is 0. The van der Waals surface area contributed by atoms with Crippen LogP contribution < -0.4 is 0 Å². The zero-order chi connectivity index (χ0) is 26.2. The molecular formula is C37H23N3. The largest absolute Gasteiger partial charge is 0.309 e. The van der Waals surface area contributed by atoms with Crippen molar-refractivity contribution in [1.82, 2.24) is 14.0 Å². The fourth-order valence-corrected chi connectivity index (χ4v) is 6.68. The van der Waals surface area contributed by atoms with Crippen molar-refractivity contribution < 1.29 is 0 Å². The Bertz CT molecular complexity index is 2430. The second-order valence-electron chi connectivity index (χ2n) is 10.5. The van der Waals surface area contributed by atoms with Crippen LogP contribution in [0.4, 0.5) is 0 Å². The normalized spacial score (nSPS) is 12.0. The lowest BCUT2D eigenvalue weighted by molar-refractivity contribution is 1.18. The van der Waals surface area contributed by atoms with E-state index in [2.05, 4.69) is 141 Å². The molecule has 0 bridgehead atoms. The summed E-state index contributed by atoms with van der Waals surface area (Å²) in [6.07, 6.45) is 3.70. The lowest BCUT2D eigenvalue weighted by Gasteiger charge is -2.11. The molecule has 3 heteroatoms. The number of benzene rings is 5. The van der Waals surface area contributed by atoms with Gasteiger partial charge in [-0.1, -0.05) is 78.9 Å². The fraction of sp³-hybridized carbons (Fsp3) is 0. The molecule has 0 aliphatic rings. The van der Waals surface area contributed by atoms with E-state index in [0.717, 1.165) is 11.3 Å². The third-order valence-electron chi connectivity index (χ3n) is 8.36. The maximum Gasteiger partial charge on any atom is 0.0635 e. The van der Waals surface area contributed by atoms with Crippen molar-refractivity contribution >= 4 is 59.9 Å². The van der Waals surface area contributed by atoms with Crippen molar-refractivity contribution in [2.75, 3.05) is 0 Å². The van der Waals surface area contributed by atoms with Crippen molar-refractivity contribution in [3.05, 3.63) is 140 Å². The SMILES string of the molecule is c1cc(-c2ccncc2)cc(-n2c3ccccc3c3c2ccc2cc4c5ccccc5c5ccccc5n4c23)c1. The van der Waals surface area contributed by atoms with Gasteiger partial charge in [-0.3, -0.25) is 4.98 Å². The third-order valence-corrected chi connectivity index (χ3v) is 8.36. The van der Waals surface area contributed by atoms with Gasteiger partial charge in [-0.25, -0.2) is 0 Å². The van der Waals surface area contributed by atoms with Gasteiger partial charge in [0.15, 0.2) is 0 Å². The Morgan fingerprint density at radius 1 is 0.450 bits per heavy atom. The average Bonchev–Trinajstić information content (AvgIpc) is 3.58. The van der Waals surface area contributed by atoms with E-state index in [1.54, 1.807) is 0 Å². The average molecular weight is 510 g/mol. The van der Waals surface area contributed by atoms with E-state index in [4.69, 9.17) is 0 Å². The highest BCUT2D eigenvalue weighted by molar-refractivity contribution is 6.24. The van der Waals surface area contributed by atoms with Gasteiger partial charge in [-0.15, -0.1) is 0 Å². The highest BCUT2D eigenvalue weighted by Crippen LogP contribution is 2.41. The first-order chi connectivity index (χ1) is 19.9. The van der Waals surface area contributed by atoms with Crippen molar-refractivity contribution in [3.63, 3.8) is 0 Å². The maximum atomic E-state index is 4.21. The van der Waals surface area contributed by atoms with Gasteiger partial charge in [-0.2, -0.15) is 0 Å². The summed E-state index contributed by atoms with van der Waals surface area (Å²) in [5.74, 6) is 0. The molecule has 0 amide bonds. The number of nitrogens with zero attached hydrogens (tertiary/aromatic N) is 3. The van der Waals surface area contributed by atoms with E-state index in [9.17, 15) is 0 Å². The van der Waals surface area contributed by atoms with Crippen molar-refractivity contribution in [3.8, 4) is 16.8 Å². The molecule has 0 radical (unpaired) electrons. The number of aromatic nitrogens is 3. The van der Waals surface area contributed by atoms with Crippen LogP contribution >= 0.6 is 0 Å². The molecule has 0 unspecified atom stereocenters. The van der Waals surface area contributed by atoms with Gasteiger partial charge in [0.25, 0.3) is 0 Å². The van der Waals surface area contributed by atoms with E-state index in [-0.39, 0.29) is 0 Å². The number of para-hydroxylation sites is 2. The standard InChI is InChI=1S/C37H23N3/c1-2-12-30-28(10-1)29-11-3-5-14-32(29)40-35(30)23-26-16-17-34-36(37(26)40)31-13-4-6-15-33(31)39(34)27-9-7-8-25(22-27)24-18-20-38-21-19-24/h1-23H. The number of rotatable bonds is 2. The minimum absolute atomic E-state index is 1.15. The Kier molecular flexibility index (Phi) is 4.33. The molecule has 0 atom stereocenters.